The van der Waals surface area contributed by atoms with E-state index in [0.717, 1.165) is 64.2 Å². The minimum absolute atomic E-state index is 0.257. The number of phosphoric acid groups is 1. The van der Waals surface area contributed by atoms with Gasteiger partial charge in [0.15, 0.2) is 0 Å². The first-order valence-corrected chi connectivity index (χ1v) is 30.0. The standard InChI is InChI=1S/C56H106NO12P/c1-3-5-7-9-11-13-15-17-19-21-23-24-26-28-30-32-34-36-38-40-42-44-49(59)48(46-68-70(66,67)69-56-54(64)52(62)51(61)53(63)55(56)65)57-50(60)45-47(58)43-41-39-37-35-33-31-29-27-25-22-20-18-16-14-12-10-8-6-4-2/h27,29,34,36,42,44,47-49,51-56,58-59,61-65H,3-26,28,30-33,35,37-41,43,45-46H2,1-2H3,(H,57,60)(H,66,67)/b29-27-,36-34+,44-42+. The molecule has 1 amide bonds. The van der Waals surface area contributed by atoms with Gasteiger partial charge in [-0.15, -0.1) is 0 Å². The van der Waals surface area contributed by atoms with Crippen LogP contribution in [-0.4, -0.2) is 108 Å². The first kappa shape index (κ1) is 66.5. The lowest BCUT2D eigenvalue weighted by Crippen LogP contribution is -2.64. The van der Waals surface area contributed by atoms with Crippen molar-refractivity contribution in [3.05, 3.63) is 36.5 Å². The van der Waals surface area contributed by atoms with Crippen LogP contribution >= 0.6 is 7.82 Å². The fraction of sp³-hybridized carbons (Fsp3) is 0.875. The lowest BCUT2D eigenvalue weighted by atomic mass is 9.85. The van der Waals surface area contributed by atoms with Crippen molar-refractivity contribution in [1.29, 1.82) is 0 Å². The van der Waals surface area contributed by atoms with Crippen LogP contribution in [0.1, 0.15) is 251 Å². The van der Waals surface area contributed by atoms with Crippen LogP contribution < -0.4 is 5.32 Å². The fourth-order valence-electron chi connectivity index (χ4n) is 9.08. The molecule has 0 saturated heterocycles. The SMILES string of the molecule is CCCCCCCCCCCC/C=C\CCCCCCCC(O)CC(=O)NC(COP(=O)(O)OC1C(O)C(O)C(O)C(O)C1O)C(O)/C=C/CC/C=C/CCCCCCCCCCCCCCCCC. The van der Waals surface area contributed by atoms with E-state index in [2.05, 4.69) is 43.5 Å². The number of hydrogen-bond donors (Lipinski definition) is 9. The van der Waals surface area contributed by atoms with E-state index in [-0.39, 0.29) is 6.42 Å². The van der Waals surface area contributed by atoms with Crippen molar-refractivity contribution in [2.24, 2.45) is 0 Å². The molecule has 0 aromatic carbocycles. The number of unbranched alkanes of at least 4 members (excludes halogenated alkanes) is 31. The van der Waals surface area contributed by atoms with Crippen LogP contribution in [0.25, 0.3) is 0 Å². The Hall–Kier alpha value is -1.48. The van der Waals surface area contributed by atoms with Gasteiger partial charge < -0.3 is 46.0 Å². The van der Waals surface area contributed by atoms with Crippen molar-refractivity contribution >= 4 is 13.7 Å². The van der Waals surface area contributed by atoms with Crippen LogP contribution in [0, 0.1) is 0 Å². The van der Waals surface area contributed by atoms with Gasteiger partial charge >= 0.3 is 7.82 Å². The predicted molar refractivity (Wildman–Crippen MR) is 284 cm³/mol. The number of rotatable bonds is 48. The minimum atomic E-state index is -5.16. The second-order valence-electron chi connectivity index (χ2n) is 20.3. The second-order valence-corrected chi connectivity index (χ2v) is 21.7. The normalized spacial score (nSPS) is 22.0. The van der Waals surface area contributed by atoms with Crippen molar-refractivity contribution < 1.29 is 59.0 Å². The van der Waals surface area contributed by atoms with E-state index in [1.165, 1.54) is 160 Å². The summed E-state index contributed by atoms with van der Waals surface area (Å²) < 4.78 is 23.0. The van der Waals surface area contributed by atoms with Crippen LogP contribution in [0.5, 0.6) is 0 Å². The minimum Gasteiger partial charge on any atom is -0.393 e. The topological polar surface area (TPSA) is 226 Å². The molecule has 0 aromatic rings. The molecule has 0 aromatic heterocycles. The summed E-state index contributed by atoms with van der Waals surface area (Å²) in [6.07, 6.45) is 40.9. The highest BCUT2D eigenvalue weighted by Crippen LogP contribution is 2.47. The van der Waals surface area contributed by atoms with E-state index in [0.29, 0.717) is 12.8 Å². The summed E-state index contributed by atoms with van der Waals surface area (Å²) in [6.45, 7) is 3.77. The Balaban J connectivity index is 2.46. The van der Waals surface area contributed by atoms with Gasteiger partial charge in [-0.2, -0.15) is 0 Å². The molecule has 1 aliphatic carbocycles. The van der Waals surface area contributed by atoms with Gasteiger partial charge in [0, 0.05) is 0 Å². The second kappa shape index (κ2) is 45.0. The predicted octanol–water partition coefficient (Wildman–Crippen LogP) is 11.7. The summed E-state index contributed by atoms with van der Waals surface area (Å²) in [5.41, 5.74) is 0. The van der Waals surface area contributed by atoms with E-state index in [1.54, 1.807) is 6.08 Å². The zero-order valence-corrected chi connectivity index (χ0v) is 45.1. The van der Waals surface area contributed by atoms with E-state index >= 15 is 0 Å². The van der Waals surface area contributed by atoms with E-state index in [9.17, 15) is 50.0 Å². The highest BCUT2D eigenvalue weighted by molar-refractivity contribution is 7.47. The molecule has 1 rings (SSSR count). The summed E-state index contributed by atoms with van der Waals surface area (Å²) in [7, 11) is -5.16. The summed E-state index contributed by atoms with van der Waals surface area (Å²) >= 11 is 0. The third-order valence-electron chi connectivity index (χ3n) is 13.7. The molecule has 9 N–H and O–H groups in total. The van der Waals surface area contributed by atoms with Gasteiger partial charge in [-0.1, -0.05) is 224 Å². The monoisotopic (exact) mass is 1020 g/mol. The largest absolute Gasteiger partial charge is 0.472 e. The Morgan fingerprint density at radius 3 is 1.26 bits per heavy atom. The molecule has 1 aliphatic rings. The number of aliphatic hydroxyl groups is 7. The number of aliphatic hydroxyl groups excluding tert-OH is 7. The van der Waals surface area contributed by atoms with Crippen LogP contribution in [0.3, 0.4) is 0 Å². The Labute approximate surface area is 426 Å². The Bertz CT molecular complexity index is 1340. The average Bonchev–Trinajstić information content (AvgIpc) is 3.34. The van der Waals surface area contributed by atoms with Crippen molar-refractivity contribution in [1.82, 2.24) is 5.32 Å². The van der Waals surface area contributed by atoms with Gasteiger partial charge in [0.05, 0.1) is 31.3 Å². The molecule has 70 heavy (non-hydrogen) atoms. The number of allylic oxidation sites excluding steroid dienone is 5. The first-order valence-electron chi connectivity index (χ1n) is 28.5. The molecule has 0 bridgehead atoms. The van der Waals surface area contributed by atoms with Crippen molar-refractivity contribution in [3.8, 4) is 0 Å². The van der Waals surface area contributed by atoms with E-state index in [1.807, 2.05) is 0 Å². The van der Waals surface area contributed by atoms with Gasteiger partial charge in [0.25, 0.3) is 0 Å². The molecule has 8 unspecified atom stereocenters. The van der Waals surface area contributed by atoms with Crippen molar-refractivity contribution in [2.45, 2.75) is 306 Å². The van der Waals surface area contributed by atoms with Crippen LogP contribution in [0.2, 0.25) is 0 Å². The van der Waals surface area contributed by atoms with Crippen molar-refractivity contribution in [3.63, 3.8) is 0 Å². The third-order valence-corrected chi connectivity index (χ3v) is 14.7. The van der Waals surface area contributed by atoms with Gasteiger partial charge in [-0.25, -0.2) is 4.57 Å². The van der Waals surface area contributed by atoms with Gasteiger partial charge in [-0.3, -0.25) is 13.8 Å². The van der Waals surface area contributed by atoms with E-state index in [4.69, 9.17) is 9.05 Å². The highest BCUT2D eigenvalue weighted by Gasteiger charge is 2.51. The number of hydrogen-bond acceptors (Lipinski definition) is 11. The molecule has 0 aliphatic heterocycles. The molecule has 0 radical (unpaired) electrons. The van der Waals surface area contributed by atoms with E-state index < -0.39 is 75.2 Å². The number of carbonyl (C=O) groups excluding carboxylic acids is 1. The summed E-state index contributed by atoms with van der Waals surface area (Å²) in [5.74, 6) is -0.605. The van der Waals surface area contributed by atoms with Gasteiger partial charge in [-0.05, 0) is 57.8 Å². The number of nitrogens with one attached hydrogen (secondary N) is 1. The number of carbonyl (C=O) groups is 1. The average molecular weight is 1020 g/mol. The molecule has 412 valence electrons. The Morgan fingerprint density at radius 2 is 0.843 bits per heavy atom. The highest BCUT2D eigenvalue weighted by atomic mass is 31.2. The quantitative estimate of drug-likeness (QED) is 0.0158. The maximum Gasteiger partial charge on any atom is 0.472 e. The fourth-order valence-corrected chi connectivity index (χ4v) is 10.0. The summed E-state index contributed by atoms with van der Waals surface area (Å²) in [6, 6.07) is -1.26. The zero-order valence-electron chi connectivity index (χ0n) is 44.2. The molecule has 13 nitrogen and oxygen atoms in total. The first-order chi connectivity index (χ1) is 33.8. The zero-order chi connectivity index (χ0) is 51.5. The molecule has 14 heteroatoms. The maximum atomic E-state index is 13.1. The van der Waals surface area contributed by atoms with Crippen LogP contribution in [0.4, 0.5) is 0 Å². The van der Waals surface area contributed by atoms with Gasteiger partial charge in [0.2, 0.25) is 5.91 Å². The molecule has 0 heterocycles. The molecule has 1 fully saturated rings. The number of phosphoric ester groups is 1. The molecular weight excluding hydrogens is 910 g/mol. The van der Waals surface area contributed by atoms with Crippen molar-refractivity contribution in [2.75, 3.05) is 6.61 Å². The smallest absolute Gasteiger partial charge is 0.393 e. The van der Waals surface area contributed by atoms with Crippen LogP contribution in [0.15, 0.2) is 36.5 Å². The molecule has 0 spiro atoms. The summed E-state index contributed by atoms with van der Waals surface area (Å²) in [4.78, 5) is 23.6. The Kier molecular flexibility index (Phi) is 42.7. The third kappa shape index (κ3) is 35.6. The summed E-state index contributed by atoms with van der Waals surface area (Å²) in [5, 5.41) is 74.8. The molecule has 8 atom stereocenters. The number of amides is 1. The van der Waals surface area contributed by atoms with Crippen LogP contribution in [-0.2, 0) is 18.4 Å². The Morgan fingerprint density at radius 1 is 0.500 bits per heavy atom. The maximum absolute atomic E-state index is 13.1. The van der Waals surface area contributed by atoms with Gasteiger partial charge in [0.1, 0.15) is 36.6 Å². The lowest BCUT2D eigenvalue weighted by Gasteiger charge is -2.41. The molecular formula is C56H106NO12P. The molecule has 1 saturated carbocycles. The lowest BCUT2D eigenvalue weighted by molar-refractivity contribution is -0.220.